The van der Waals surface area contributed by atoms with Crippen LogP contribution in [0.25, 0.3) is 0 Å². The van der Waals surface area contributed by atoms with E-state index in [0.717, 1.165) is 17.7 Å². The molecule has 110 valence electrons. The van der Waals surface area contributed by atoms with Gasteiger partial charge in [-0.05, 0) is 35.2 Å². The number of benzene rings is 2. The van der Waals surface area contributed by atoms with Crippen molar-refractivity contribution in [3.63, 3.8) is 0 Å². The van der Waals surface area contributed by atoms with Crippen molar-refractivity contribution in [2.24, 2.45) is 0 Å². The Morgan fingerprint density at radius 1 is 1.05 bits per heavy atom. The van der Waals surface area contributed by atoms with Crippen LogP contribution in [0.15, 0.2) is 36.4 Å². The monoisotopic (exact) mass is 290 g/mol. The molecule has 0 atom stereocenters. The molecule has 0 radical (unpaired) electrons. The smallest absolute Gasteiger partial charge is 0.198 e. The lowest BCUT2D eigenvalue weighted by Gasteiger charge is -2.19. The van der Waals surface area contributed by atoms with E-state index in [0.29, 0.717) is 12.0 Å². The Hall–Kier alpha value is -2.23. The summed E-state index contributed by atoms with van der Waals surface area (Å²) in [6.07, 6.45) is 0.385. The summed E-state index contributed by atoms with van der Waals surface area (Å²) < 4.78 is 32.9. The zero-order valence-electron chi connectivity index (χ0n) is 12.1. The van der Waals surface area contributed by atoms with E-state index in [1.54, 1.807) is 18.2 Å². The van der Waals surface area contributed by atoms with Crippen molar-refractivity contribution < 1.29 is 18.3 Å². The molecule has 21 heavy (non-hydrogen) atoms. The molecule has 0 aliphatic carbocycles. The topological polar surface area (TPSA) is 26.3 Å². The van der Waals surface area contributed by atoms with Crippen LogP contribution >= 0.6 is 0 Å². The summed E-state index contributed by atoms with van der Waals surface area (Å²) in [4.78, 5) is 10.6. The zero-order chi connectivity index (χ0) is 15.6. The van der Waals surface area contributed by atoms with Crippen LogP contribution in [-0.4, -0.2) is 6.29 Å². The molecule has 2 rings (SSSR count). The first-order valence-corrected chi connectivity index (χ1v) is 6.54. The summed E-state index contributed by atoms with van der Waals surface area (Å²) in [7, 11) is 0. The van der Waals surface area contributed by atoms with Crippen LogP contribution in [-0.2, 0) is 5.41 Å². The molecule has 0 spiro atoms. The lowest BCUT2D eigenvalue weighted by atomic mass is 9.87. The third-order valence-corrected chi connectivity index (χ3v) is 3.08. The van der Waals surface area contributed by atoms with E-state index in [-0.39, 0.29) is 11.0 Å². The summed E-state index contributed by atoms with van der Waals surface area (Å²) in [5, 5.41) is 0. The molecule has 0 aliphatic rings. The van der Waals surface area contributed by atoms with Crippen LogP contribution in [0.3, 0.4) is 0 Å². The van der Waals surface area contributed by atoms with Gasteiger partial charge in [0, 0.05) is 5.56 Å². The SMILES string of the molecule is CC(C)(C)c1cccc(Oc2c(F)cc(C=O)cc2F)c1. The molecule has 0 bridgehead atoms. The Labute approximate surface area is 122 Å². The Morgan fingerprint density at radius 2 is 1.67 bits per heavy atom. The molecule has 0 aromatic heterocycles. The highest BCUT2D eigenvalue weighted by atomic mass is 19.1. The quantitative estimate of drug-likeness (QED) is 0.754. The second kappa shape index (κ2) is 5.64. The number of carbonyl (C=O) groups excluding carboxylic acids is 1. The highest BCUT2D eigenvalue weighted by Gasteiger charge is 2.17. The number of halogens is 2. The number of ether oxygens (including phenoxy) is 1. The van der Waals surface area contributed by atoms with Crippen LogP contribution in [0, 0.1) is 11.6 Å². The van der Waals surface area contributed by atoms with Crippen molar-refractivity contribution in [1.29, 1.82) is 0 Å². The number of aldehydes is 1. The molecule has 0 saturated carbocycles. The van der Waals surface area contributed by atoms with Gasteiger partial charge in [0.2, 0.25) is 0 Å². The van der Waals surface area contributed by atoms with Crippen molar-refractivity contribution in [2.75, 3.05) is 0 Å². The molecule has 0 N–H and O–H groups in total. The normalized spacial score (nSPS) is 11.3. The molecule has 0 unspecified atom stereocenters. The fourth-order valence-corrected chi connectivity index (χ4v) is 1.89. The zero-order valence-corrected chi connectivity index (χ0v) is 12.1. The van der Waals surface area contributed by atoms with Gasteiger partial charge in [0.25, 0.3) is 0 Å². The largest absolute Gasteiger partial charge is 0.451 e. The maximum absolute atomic E-state index is 13.8. The van der Waals surface area contributed by atoms with Crippen molar-refractivity contribution >= 4 is 6.29 Å². The predicted octanol–water partition coefficient (Wildman–Crippen LogP) is 4.87. The van der Waals surface area contributed by atoms with Gasteiger partial charge in [-0.25, -0.2) is 8.78 Å². The minimum absolute atomic E-state index is 0.0687. The fourth-order valence-electron chi connectivity index (χ4n) is 1.89. The summed E-state index contributed by atoms with van der Waals surface area (Å²) in [5.41, 5.74) is 0.823. The first-order chi connectivity index (χ1) is 9.81. The second-order valence-corrected chi connectivity index (χ2v) is 5.81. The highest BCUT2D eigenvalue weighted by Crippen LogP contribution is 2.31. The molecule has 0 amide bonds. The fraction of sp³-hybridized carbons (Fsp3) is 0.235. The number of hydrogen-bond donors (Lipinski definition) is 0. The van der Waals surface area contributed by atoms with E-state index >= 15 is 0 Å². The average molecular weight is 290 g/mol. The van der Waals surface area contributed by atoms with Crippen molar-refractivity contribution in [3.8, 4) is 11.5 Å². The van der Waals surface area contributed by atoms with E-state index < -0.39 is 17.4 Å². The Balaban J connectivity index is 2.37. The van der Waals surface area contributed by atoms with Gasteiger partial charge in [-0.3, -0.25) is 4.79 Å². The van der Waals surface area contributed by atoms with Gasteiger partial charge in [0.1, 0.15) is 12.0 Å². The van der Waals surface area contributed by atoms with Gasteiger partial charge in [-0.1, -0.05) is 32.9 Å². The van der Waals surface area contributed by atoms with Crippen LogP contribution in [0.4, 0.5) is 8.78 Å². The highest BCUT2D eigenvalue weighted by molar-refractivity contribution is 5.75. The minimum atomic E-state index is -0.904. The molecule has 0 aliphatic heterocycles. The molecule has 0 saturated heterocycles. The first kappa shape index (κ1) is 15.2. The maximum Gasteiger partial charge on any atom is 0.198 e. The Bertz CT molecular complexity index is 650. The maximum atomic E-state index is 13.8. The number of hydrogen-bond acceptors (Lipinski definition) is 2. The standard InChI is InChI=1S/C17H16F2O2/c1-17(2,3)12-5-4-6-13(9-12)21-16-14(18)7-11(10-20)8-15(16)19/h4-10H,1-3H3. The van der Waals surface area contributed by atoms with Crippen molar-refractivity contribution in [2.45, 2.75) is 26.2 Å². The van der Waals surface area contributed by atoms with Gasteiger partial charge in [0.05, 0.1) is 0 Å². The lowest BCUT2D eigenvalue weighted by molar-refractivity contribution is 0.112. The summed E-state index contributed by atoms with van der Waals surface area (Å²) in [6.45, 7) is 6.10. The van der Waals surface area contributed by atoms with Crippen LogP contribution in [0.2, 0.25) is 0 Å². The van der Waals surface area contributed by atoms with Crippen molar-refractivity contribution in [3.05, 3.63) is 59.2 Å². The van der Waals surface area contributed by atoms with Gasteiger partial charge in [0.15, 0.2) is 17.4 Å². The van der Waals surface area contributed by atoms with Crippen molar-refractivity contribution in [1.82, 2.24) is 0 Å². The second-order valence-electron chi connectivity index (χ2n) is 5.81. The molecular formula is C17H16F2O2. The van der Waals surface area contributed by atoms with Crippen LogP contribution in [0.5, 0.6) is 11.5 Å². The number of carbonyl (C=O) groups is 1. The third kappa shape index (κ3) is 3.45. The predicted molar refractivity (Wildman–Crippen MR) is 77.0 cm³/mol. The summed E-state index contributed by atoms with van der Waals surface area (Å²) in [5.74, 6) is -1.97. The lowest BCUT2D eigenvalue weighted by Crippen LogP contribution is -2.10. The van der Waals surface area contributed by atoms with E-state index in [9.17, 15) is 13.6 Å². The molecule has 2 aromatic rings. The molecule has 0 heterocycles. The van der Waals surface area contributed by atoms with Crippen LogP contribution < -0.4 is 4.74 Å². The molecule has 2 aromatic carbocycles. The Kier molecular flexibility index (Phi) is 4.07. The molecule has 2 nitrogen and oxygen atoms in total. The molecule has 4 heteroatoms. The van der Waals surface area contributed by atoms with Gasteiger partial charge >= 0.3 is 0 Å². The average Bonchev–Trinajstić information content (AvgIpc) is 2.42. The first-order valence-electron chi connectivity index (χ1n) is 6.54. The molecule has 0 fully saturated rings. The Morgan fingerprint density at radius 3 is 2.19 bits per heavy atom. The van der Waals surface area contributed by atoms with Gasteiger partial charge in [-0.2, -0.15) is 0 Å². The van der Waals surface area contributed by atoms with E-state index in [1.165, 1.54) is 0 Å². The van der Waals surface area contributed by atoms with E-state index in [2.05, 4.69) is 0 Å². The van der Waals surface area contributed by atoms with E-state index in [4.69, 9.17) is 4.74 Å². The van der Waals surface area contributed by atoms with Crippen LogP contribution in [0.1, 0.15) is 36.7 Å². The minimum Gasteiger partial charge on any atom is -0.451 e. The third-order valence-electron chi connectivity index (χ3n) is 3.08. The van der Waals surface area contributed by atoms with Gasteiger partial charge < -0.3 is 4.74 Å². The van der Waals surface area contributed by atoms with E-state index in [1.807, 2.05) is 26.8 Å². The summed E-state index contributed by atoms with van der Waals surface area (Å²) >= 11 is 0. The van der Waals surface area contributed by atoms with Gasteiger partial charge in [-0.15, -0.1) is 0 Å². The number of rotatable bonds is 3. The molecular weight excluding hydrogens is 274 g/mol. The summed E-state index contributed by atoms with van der Waals surface area (Å²) in [6, 6.07) is 8.95.